The number of rotatable bonds is 2. The molecule has 2 aliphatic carbocycles. The fourth-order valence-corrected chi connectivity index (χ4v) is 5.66. The van der Waals surface area contributed by atoms with Crippen molar-refractivity contribution in [1.82, 2.24) is 0 Å². The van der Waals surface area contributed by atoms with Crippen molar-refractivity contribution in [2.24, 2.45) is 23.2 Å². The minimum Gasteiger partial charge on any atom is -0.462 e. The number of allylic oxidation sites excluding steroid dienone is 1. The maximum Gasteiger partial charge on any atom is 0.312 e. The molecule has 0 aromatic carbocycles. The summed E-state index contributed by atoms with van der Waals surface area (Å²) in [5.41, 5.74) is -1.91. The smallest absolute Gasteiger partial charge is 0.312 e. The second-order valence-corrected chi connectivity index (χ2v) is 9.75. The number of carbonyl (C=O) groups is 3. The molecule has 0 amide bonds. The van der Waals surface area contributed by atoms with Crippen LogP contribution in [0.5, 0.6) is 0 Å². The molecule has 8 nitrogen and oxygen atoms in total. The van der Waals surface area contributed by atoms with Crippen LogP contribution in [0.2, 0.25) is 0 Å². The summed E-state index contributed by atoms with van der Waals surface area (Å²) >= 11 is 0. The van der Waals surface area contributed by atoms with E-state index in [4.69, 9.17) is 14.2 Å². The predicted octanol–water partition coefficient (Wildman–Crippen LogP) is 2.07. The van der Waals surface area contributed by atoms with Gasteiger partial charge in [-0.05, 0) is 38.7 Å². The standard InChI is InChI=1S/C24H34O8/c1-12-7-8-18(30-15(4)25)23(6)10-9-17(27)13(2)20(23)21(31-16(5)26)24(29)14(3)22(28)32-19(24)11-12/h9-11,13-14,17-21,27,29H,7-8H2,1-6H3/b12-11-/t13-,14-,17+,18+,19-,20+,21+,23+,24-/m0/s1. The van der Waals surface area contributed by atoms with Gasteiger partial charge in [-0.15, -0.1) is 0 Å². The van der Waals surface area contributed by atoms with Gasteiger partial charge < -0.3 is 24.4 Å². The molecule has 3 rings (SSSR count). The molecule has 0 aromatic heterocycles. The lowest BCUT2D eigenvalue weighted by atomic mass is 9.56. The van der Waals surface area contributed by atoms with Crippen molar-refractivity contribution < 1.29 is 38.8 Å². The lowest BCUT2D eigenvalue weighted by Gasteiger charge is -2.53. The first-order chi connectivity index (χ1) is 14.8. The highest BCUT2D eigenvalue weighted by molar-refractivity contribution is 5.77. The zero-order valence-electron chi connectivity index (χ0n) is 19.5. The summed E-state index contributed by atoms with van der Waals surface area (Å²) in [6.07, 6.45) is 2.44. The Hall–Kier alpha value is -2.19. The van der Waals surface area contributed by atoms with Gasteiger partial charge in [-0.3, -0.25) is 14.4 Å². The number of carbonyl (C=O) groups excluding carboxylic acids is 3. The molecule has 0 unspecified atom stereocenters. The summed E-state index contributed by atoms with van der Waals surface area (Å²) in [4.78, 5) is 36.8. The molecule has 0 aromatic rings. The topological polar surface area (TPSA) is 119 Å². The third kappa shape index (κ3) is 3.99. The van der Waals surface area contributed by atoms with Crippen molar-refractivity contribution in [2.75, 3.05) is 0 Å². The predicted molar refractivity (Wildman–Crippen MR) is 114 cm³/mol. The molecule has 1 heterocycles. The van der Waals surface area contributed by atoms with Gasteiger partial charge in [-0.2, -0.15) is 0 Å². The first-order valence-corrected chi connectivity index (χ1v) is 11.1. The first kappa shape index (κ1) is 24.5. The zero-order chi connectivity index (χ0) is 24.0. The quantitative estimate of drug-likeness (QED) is 0.373. The average Bonchev–Trinajstić information content (AvgIpc) is 2.90. The van der Waals surface area contributed by atoms with Crippen LogP contribution in [-0.2, 0) is 28.6 Å². The van der Waals surface area contributed by atoms with E-state index in [2.05, 4.69) is 0 Å². The Morgan fingerprint density at radius 1 is 1.19 bits per heavy atom. The second kappa shape index (κ2) is 8.63. The number of hydrogen-bond acceptors (Lipinski definition) is 8. The number of fused-ring (bicyclic) bond motifs is 2. The second-order valence-electron chi connectivity index (χ2n) is 9.75. The summed E-state index contributed by atoms with van der Waals surface area (Å²) in [5.74, 6) is -3.80. The monoisotopic (exact) mass is 450 g/mol. The molecule has 0 radical (unpaired) electrons. The van der Waals surface area contributed by atoms with E-state index >= 15 is 0 Å². The van der Waals surface area contributed by atoms with E-state index in [1.165, 1.54) is 13.8 Å². The van der Waals surface area contributed by atoms with Crippen LogP contribution >= 0.6 is 0 Å². The van der Waals surface area contributed by atoms with Gasteiger partial charge in [0, 0.05) is 25.2 Å². The molecule has 3 aliphatic rings. The van der Waals surface area contributed by atoms with Gasteiger partial charge in [0.05, 0.1) is 12.0 Å². The van der Waals surface area contributed by atoms with Gasteiger partial charge in [-0.25, -0.2) is 0 Å². The van der Waals surface area contributed by atoms with E-state index in [9.17, 15) is 24.6 Å². The first-order valence-electron chi connectivity index (χ1n) is 11.1. The van der Waals surface area contributed by atoms with Gasteiger partial charge in [0.1, 0.15) is 12.2 Å². The molecule has 0 bridgehead atoms. The molecule has 32 heavy (non-hydrogen) atoms. The Morgan fingerprint density at radius 3 is 2.41 bits per heavy atom. The molecule has 0 spiro atoms. The minimum atomic E-state index is -1.87. The highest BCUT2D eigenvalue weighted by Crippen LogP contribution is 2.53. The number of aliphatic hydroxyl groups is 2. The van der Waals surface area contributed by atoms with E-state index in [0.717, 1.165) is 5.57 Å². The molecule has 178 valence electrons. The molecule has 2 N–H and O–H groups in total. The van der Waals surface area contributed by atoms with Gasteiger partial charge in [0.25, 0.3) is 0 Å². The van der Waals surface area contributed by atoms with E-state index in [-0.39, 0.29) is 0 Å². The summed E-state index contributed by atoms with van der Waals surface area (Å²) in [5, 5.41) is 22.7. The molecule has 9 atom stereocenters. The molecule has 1 aliphatic heterocycles. The fourth-order valence-electron chi connectivity index (χ4n) is 5.66. The molecule has 1 saturated heterocycles. The van der Waals surface area contributed by atoms with Crippen LogP contribution in [0, 0.1) is 23.2 Å². The maximum atomic E-state index is 12.6. The Kier molecular flexibility index (Phi) is 6.60. The Bertz CT molecular complexity index is 847. The van der Waals surface area contributed by atoms with Crippen LogP contribution in [-0.4, -0.2) is 58.1 Å². The Balaban J connectivity index is 2.29. The molecular weight excluding hydrogens is 416 g/mol. The summed E-state index contributed by atoms with van der Waals surface area (Å²) in [6.45, 7) is 9.65. The SMILES string of the molecule is CC(=O)O[C@@H]1[C@H]2[C@@H](C)[C@H](O)C=C[C@]2(C)[C@H](OC(C)=O)CC/C(C)=C\[C@@H]2OC(=O)[C@H](C)[C@]21O. The third-order valence-electron chi connectivity index (χ3n) is 7.54. The van der Waals surface area contributed by atoms with Gasteiger partial charge in [-0.1, -0.05) is 31.6 Å². The molecule has 8 heteroatoms. The van der Waals surface area contributed by atoms with E-state index in [1.54, 1.807) is 32.1 Å². The number of esters is 3. The lowest BCUT2D eigenvalue weighted by molar-refractivity contribution is -0.209. The average molecular weight is 451 g/mol. The summed E-state index contributed by atoms with van der Waals surface area (Å²) < 4.78 is 17.1. The summed E-state index contributed by atoms with van der Waals surface area (Å²) in [6, 6.07) is 0. The lowest BCUT2D eigenvalue weighted by Crippen LogP contribution is -2.64. The van der Waals surface area contributed by atoms with Crippen LogP contribution in [0.15, 0.2) is 23.8 Å². The van der Waals surface area contributed by atoms with Crippen LogP contribution < -0.4 is 0 Å². The van der Waals surface area contributed by atoms with Gasteiger partial charge >= 0.3 is 17.9 Å². The van der Waals surface area contributed by atoms with E-state index < -0.39 is 71.1 Å². The molecule has 1 fully saturated rings. The van der Waals surface area contributed by atoms with Gasteiger partial charge in [0.2, 0.25) is 0 Å². The van der Waals surface area contributed by atoms with Crippen molar-refractivity contribution in [2.45, 2.75) is 84.4 Å². The Labute approximate surface area is 188 Å². The number of aliphatic hydroxyl groups excluding tert-OH is 1. The fraction of sp³-hybridized carbons (Fsp3) is 0.708. The van der Waals surface area contributed by atoms with Crippen LogP contribution in [0.4, 0.5) is 0 Å². The molecular formula is C24H34O8. The maximum absolute atomic E-state index is 12.6. The van der Waals surface area contributed by atoms with Gasteiger partial charge in [0.15, 0.2) is 11.7 Å². The van der Waals surface area contributed by atoms with Crippen molar-refractivity contribution >= 4 is 17.9 Å². The van der Waals surface area contributed by atoms with Crippen molar-refractivity contribution in [3.63, 3.8) is 0 Å². The largest absolute Gasteiger partial charge is 0.462 e. The van der Waals surface area contributed by atoms with Crippen molar-refractivity contribution in [3.05, 3.63) is 23.8 Å². The highest BCUT2D eigenvalue weighted by atomic mass is 16.6. The van der Waals surface area contributed by atoms with Crippen molar-refractivity contribution in [3.8, 4) is 0 Å². The van der Waals surface area contributed by atoms with E-state index in [0.29, 0.717) is 12.8 Å². The van der Waals surface area contributed by atoms with Crippen LogP contribution in [0.3, 0.4) is 0 Å². The summed E-state index contributed by atoms with van der Waals surface area (Å²) in [7, 11) is 0. The normalized spacial score (nSPS) is 45.6. The third-order valence-corrected chi connectivity index (χ3v) is 7.54. The highest BCUT2D eigenvalue weighted by Gasteiger charge is 2.65. The van der Waals surface area contributed by atoms with Crippen LogP contribution in [0.1, 0.15) is 54.4 Å². The van der Waals surface area contributed by atoms with Crippen LogP contribution in [0.25, 0.3) is 0 Å². The molecule has 0 saturated carbocycles. The zero-order valence-corrected chi connectivity index (χ0v) is 19.5. The van der Waals surface area contributed by atoms with E-state index in [1.807, 2.05) is 13.8 Å². The number of hydrogen-bond donors (Lipinski definition) is 2. The Morgan fingerprint density at radius 2 is 1.81 bits per heavy atom. The minimum absolute atomic E-state index is 0.450. The number of ether oxygens (including phenoxy) is 3. The van der Waals surface area contributed by atoms with Crippen molar-refractivity contribution in [1.29, 1.82) is 0 Å².